The fourth-order valence-corrected chi connectivity index (χ4v) is 2.24. The highest BCUT2D eigenvalue weighted by atomic mass is 16.5. The molecule has 2 heterocycles. The fraction of sp³-hybridized carbons (Fsp3) is 0.600. The Morgan fingerprint density at radius 1 is 1.43 bits per heavy atom. The van der Waals surface area contributed by atoms with Crippen LogP contribution in [0.2, 0.25) is 0 Å². The summed E-state index contributed by atoms with van der Waals surface area (Å²) in [6, 6.07) is 3.79. The number of anilines is 2. The average Bonchev–Trinajstić information content (AvgIpc) is 2.54. The predicted octanol–water partition coefficient (Wildman–Crippen LogP) is 1.67. The quantitative estimate of drug-likeness (QED) is 0.864. The average molecular weight is 293 g/mol. The van der Waals surface area contributed by atoms with Gasteiger partial charge >= 0.3 is 0 Å². The maximum atomic E-state index is 12.0. The summed E-state index contributed by atoms with van der Waals surface area (Å²) in [6.07, 6.45) is 1.93. The topological polar surface area (TPSA) is 63.7 Å². The van der Waals surface area contributed by atoms with Gasteiger partial charge in [-0.15, -0.1) is 0 Å². The summed E-state index contributed by atoms with van der Waals surface area (Å²) in [5.41, 5.74) is 0.690. The molecule has 1 saturated heterocycles. The van der Waals surface area contributed by atoms with E-state index in [0.717, 1.165) is 32.1 Å². The lowest BCUT2D eigenvalue weighted by Gasteiger charge is -2.27. The van der Waals surface area contributed by atoms with E-state index >= 15 is 0 Å². The lowest BCUT2D eigenvalue weighted by atomic mass is 10.2. The second-order valence-corrected chi connectivity index (χ2v) is 4.85. The van der Waals surface area contributed by atoms with Crippen LogP contribution in [-0.2, 0) is 14.3 Å². The summed E-state index contributed by atoms with van der Waals surface area (Å²) in [4.78, 5) is 18.6. The molecule has 2 rings (SSSR count). The third kappa shape index (κ3) is 4.41. The van der Waals surface area contributed by atoms with Crippen molar-refractivity contribution >= 4 is 17.4 Å². The summed E-state index contributed by atoms with van der Waals surface area (Å²) < 4.78 is 10.7. The third-order valence-electron chi connectivity index (χ3n) is 3.38. The molecule has 0 aromatic carbocycles. The number of amides is 1. The van der Waals surface area contributed by atoms with E-state index in [1.807, 2.05) is 26.0 Å². The Bertz CT molecular complexity index is 444. The highest BCUT2D eigenvalue weighted by Crippen LogP contribution is 2.16. The Balaban J connectivity index is 1.93. The van der Waals surface area contributed by atoms with Gasteiger partial charge in [-0.2, -0.15) is 0 Å². The Hall–Kier alpha value is -1.66. The number of aromatic nitrogens is 1. The van der Waals surface area contributed by atoms with E-state index in [0.29, 0.717) is 18.7 Å². The zero-order valence-electron chi connectivity index (χ0n) is 12.7. The molecule has 1 amide bonds. The standard InChI is InChI=1S/C15H23N3O3/c1-3-13(21-4-2)15(19)17-12-5-6-14(16-11-12)18-7-9-20-10-8-18/h5-6,11,13H,3-4,7-10H2,1-2H3,(H,17,19)/t13-/m1/s1. The van der Waals surface area contributed by atoms with Gasteiger partial charge in [0.1, 0.15) is 11.9 Å². The number of morpholine rings is 1. The molecule has 6 heteroatoms. The number of carbonyl (C=O) groups excluding carboxylic acids is 1. The van der Waals surface area contributed by atoms with E-state index in [-0.39, 0.29) is 5.91 Å². The molecule has 6 nitrogen and oxygen atoms in total. The molecule has 0 unspecified atom stereocenters. The van der Waals surface area contributed by atoms with Gasteiger partial charge in [-0.25, -0.2) is 4.98 Å². The first-order chi connectivity index (χ1) is 10.2. The molecule has 1 atom stereocenters. The van der Waals surface area contributed by atoms with Gasteiger partial charge in [0.05, 0.1) is 25.1 Å². The van der Waals surface area contributed by atoms with Crippen LogP contribution in [-0.4, -0.2) is 49.9 Å². The van der Waals surface area contributed by atoms with Crippen LogP contribution >= 0.6 is 0 Å². The van der Waals surface area contributed by atoms with Crippen molar-refractivity contribution in [2.24, 2.45) is 0 Å². The fourth-order valence-electron chi connectivity index (χ4n) is 2.24. The minimum atomic E-state index is -0.408. The minimum Gasteiger partial charge on any atom is -0.378 e. The molecule has 0 spiro atoms. The smallest absolute Gasteiger partial charge is 0.253 e. The molecule has 0 bridgehead atoms. The predicted molar refractivity (Wildman–Crippen MR) is 81.6 cm³/mol. The molecule has 1 aromatic rings. The Morgan fingerprint density at radius 3 is 2.76 bits per heavy atom. The van der Waals surface area contributed by atoms with Crippen LogP contribution in [0.25, 0.3) is 0 Å². The largest absolute Gasteiger partial charge is 0.378 e. The molecule has 21 heavy (non-hydrogen) atoms. The molecule has 116 valence electrons. The van der Waals surface area contributed by atoms with E-state index in [1.54, 1.807) is 6.20 Å². The number of pyridine rings is 1. The van der Waals surface area contributed by atoms with Gasteiger partial charge in [0.15, 0.2) is 0 Å². The number of hydrogen-bond acceptors (Lipinski definition) is 5. The van der Waals surface area contributed by atoms with Gasteiger partial charge < -0.3 is 19.7 Å². The van der Waals surface area contributed by atoms with E-state index in [2.05, 4.69) is 15.2 Å². The van der Waals surface area contributed by atoms with Crippen molar-refractivity contribution in [3.8, 4) is 0 Å². The van der Waals surface area contributed by atoms with E-state index < -0.39 is 6.10 Å². The molecular weight excluding hydrogens is 270 g/mol. The lowest BCUT2D eigenvalue weighted by molar-refractivity contribution is -0.127. The highest BCUT2D eigenvalue weighted by molar-refractivity contribution is 5.94. The van der Waals surface area contributed by atoms with Gasteiger partial charge in [-0.05, 0) is 25.5 Å². The van der Waals surface area contributed by atoms with Crippen LogP contribution in [0.1, 0.15) is 20.3 Å². The first-order valence-electron chi connectivity index (χ1n) is 7.45. The number of ether oxygens (including phenoxy) is 2. The zero-order chi connectivity index (χ0) is 15.1. The molecule has 1 aliphatic rings. The Morgan fingerprint density at radius 2 is 2.19 bits per heavy atom. The second kappa shape index (κ2) is 7.95. The van der Waals surface area contributed by atoms with Gasteiger partial charge in [-0.3, -0.25) is 4.79 Å². The zero-order valence-corrected chi connectivity index (χ0v) is 12.7. The van der Waals surface area contributed by atoms with Gasteiger partial charge in [0.25, 0.3) is 5.91 Å². The van der Waals surface area contributed by atoms with Crippen LogP contribution < -0.4 is 10.2 Å². The number of nitrogens with one attached hydrogen (secondary N) is 1. The normalized spacial score (nSPS) is 16.6. The lowest BCUT2D eigenvalue weighted by Crippen LogP contribution is -2.36. The molecule has 0 radical (unpaired) electrons. The minimum absolute atomic E-state index is 0.125. The molecule has 0 aliphatic carbocycles. The summed E-state index contributed by atoms with van der Waals surface area (Å²) in [7, 11) is 0. The summed E-state index contributed by atoms with van der Waals surface area (Å²) in [5, 5.41) is 2.84. The van der Waals surface area contributed by atoms with Crippen molar-refractivity contribution in [3.05, 3.63) is 18.3 Å². The van der Waals surface area contributed by atoms with Crippen LogP contribution in [0, 0.1) is 0 Å². The van der Waals surface area contributed by atoms with Crippen LogP contribution in [0.4, 0.5) is 11.5 Å². The SMILES string of the molecule is CCO[C@H](CC)C(=O)Nc1ccc(N2CCOCC2)nc1. The Labute approximate surface area is 125 Å². The number of rotatable bonds is 6. The second-order valence-electron chi connectivity index (χ2n) is 4.85. The van der Waals surface area contributed by atoms with E-state index in [9.17, 15) is 4.79 Å². The van der Waals surface area contributed by atoms with Gasteiger partial charge in [0.2, 0.25) is 0 Å². The molecule has 1 N–H and O–H groups in total. The monoisotopic (exact) mass is 293 g/mol. The Kier molecular flexibility index (Phi) is 5.95. The maximum absolute atomic E-state index is 12.0. The van der Waals surface area contributed by atoms with Crippen molar-refractivity contribution in [1.29, 1.82) is 0 Å². The van der Waals surface area contributed by atoms with Crippen molar-refractivity contribution in [2.45, 2.75) is 26.4 Å². The highest BCUT2D eigenvalue weighted by Gasteiger charge is 2.17. The summed E-state index contributed by atoms with van der Waals surface area (Å²) in [5.74, 6) is 0.786. The summed E-state index contributed by atoms with van der Waals surface area (Å²) in [6.45, 7) is 7.50. The van der Waals surface area contributed by atoms with Gasteiger partial charge in [0, 0.05) is 19.7 Å². The van der Waals surface area contributed by atoms with Gasteiger partial charge in [-0.1, -0.05) is 6.92 Å². The molecule has 0 saturated carbocycles. The van der Waals surface area contributed by atoms with E-state index in [4.69, 9.17) is 9.47 Å². The van der Waals surface area contributed by atoms with Crippen molar-refractivity contribution in [1.82, 2.24) is 4.98 Å². The van der Waals surface area contributed by atoms with Crippen LogP contribution in [0.5, 0.6) is 0 Å². The van der Waals surface area contributed by atoms with Crippen molar-refractivity contribution < 1.29 is 14.3 Å². The molecular formula is C15H23N3O3. The van der Waals surface area contributed by atoms with Crippen molar-refractivity contribution in [3.63, 3.8) is 0 Å². The van der Waals surface area contributed by atoms with E-state index in [1.165, 1.54) is 0 Å². The van der Waals surface area contributed by atoms with Crippen molar-refractivity contribution in [2.75, 3.05) is 43.1 Å². The molecule has 1 fully saturated rings. The number of carbonyl (C=O) groups is 1. The summed E-state index contributed by atoms with van der Waals surface area (Å²) >= 11 is 0. The molecule has 1 aromatic heterocycles. The number of nitrogens with zero attached hydrogens (tertiary/aromatic N) is 2. The first-order valence-corrected chi connectivity index (χ1v) is 7.45. The maximum Gasteiger partial charge on any atom is 0.253 e. The third-order valence-corrected chi connectivity index (χ3v) is 3.38. The van der Waals surface area contributed by atoms with Crippen LogP contribution in [0.15, 0.2) is 18.3 Å². The number of hydrogen-bond donors (Lipinski definition) is 1. The molecule has 1 aliphatic heterocycles. The van der Waals surface area contributed by atoms with Crippen LogP contribution in [0.3, 0.4) is 0 Å². The first kappa shape index (κ1) is 15.7.